The summed E-state index contributed by atoms with van der Waals surface area (Å²) in [5.74, 6) is 0.204. The summed E-state index contributed by atoms with van der Waals surface area (Å²) < 4.78 is 0.964. The van der Waals surface area contributed by atoms with Gasteiger partial charge < -0.3 is 10.2 Å². The molecule has 1 saturated carbocycles. The Labute approximate surface area is 164 Å². The fraction of sp³-hybridized carbons (Fsp3) is 0.600. The minimum Gasteiger partial charge on any atom is -0.354 e. The van der Waals surface area contributed by atoms with Crippen LogP contribution in [0.15, 0.2) is 28.7 Å². The number of piperidine rings is 1. The number of halogens is 1. The lowest BCUT2D eigenvalue weighted by Gasteiger charge is -2.32. The molecule has 5 nitrogen and oxygen atoms in total. The number of amides is 2. The molecule has 0 radical (unpaired) electrons. The van der Waals surface area contributed by atoms with E-state index in [-0.39, 0.29) is 17.7 Å². The first kappa shape index (κ1) is 19.4. The average molecular weight is 422 g/mol. The van der Waals surface area contributed by atoms with Crippen molar-refractivity contribution in [2.24, 2.45) is 5.92 Å². The van der Waals surface area contributed by atoms with Crippen LogP contribution < -0.4 is 5.32 Å². The van der Waals surface area contributed by atoms with Crippen LogP contribution in [0.3, 0.4) is 0 Å². The van der Waals surface area contributed by atoms with Gasteiger partial charge in [-0.05, 0) is 63.9 Å². The fourth-order valence-electron chi connectivity index (χ4n) is 3.50. The topological polar surface area (TPSA) is 52.7 Å². The summed E-state index contributed by atoms with van der Waals surface area (Å²) in [4.78, 5) is 29.2. The van der Waals surface area contributed by atoms with Gasteiger partial charge in [0, 0.05) is 47.7 Å². The zero-order chi connectivity index (χ0) is 18.7. The number of nitrogens with one attached hydrogen (secondary N) is 1. The van der Waals surface area contributed by atoms with Gasteiger partial charge in [0.2, 0.25) is 5.91 Å². The van der Waals surface area contributed by atoms with Crippen LogP contribution in [0, 0.1) is 5.92 Å². The van der Waals surface area contributed by atoms with Gasteiger partial charge in [-0.3, -0.25) is 14.5 Å². The molecular weight excluding hydrogens is 394 g/mol. The average Bonchev–Trinajstić information content (AvgIpc) is 3.50. The summed E-state index contributed by atoms with van der Waals surface area (Å²) >= 11 is 3.39. The molecule has 2 aliphatic rings. The second-order valence-electron chi connectivity index (χ2n) is 7.56. The third-order valence-electron chi connectivity index (χ3n) is 5.63. The Hall–Kier alpha value is -1.40. The number of carbonyl (C=O) groups excluding carboxylic acids is 2. The lowest BCUT2D eigenvalue weighted by atomic mass is 9.95. The number of carbonyl (C=O) groups is 2. The van der Waals surface area contributed by atoms with Crippen molar-refractivity contribution < 1.29 is 9.59 Å². The van der Waals surface area contributed by atoms with Crippen molar-refractivity contribution in [1.29, 1.82) is 0 Å². The monoisotopic (exact) mass is 421 g/mol. The Kier molecular flexibility index (Phi) is 6.35. The van der Waals surface area contributed by atoms with Crippen LogP contribution in [0.1, 0.15) is 43.0 Å². The van der Waals surface area contributed by atoms with Crippen molar-refractivity contribution in [3.8, 4) is 0 Å². The van der Waals surface area contributed by atoms with Gasteiger partial charge in [-0.25, -0.2) is 0 Å². The van der Waals surface area contributed by atoms with E-state index in [0.717, 1.165) is 17.3 Å². The van der Waals surface area contributed by atoms with Gasteiger partial charge >= 0.3 is 0 Å². The lowest BCUT2D eigenvalue weighted by molar-refractivity contribution is -0.126. The molecule has 1 aliphatic carbocycles. The molecule has 0 bridgehead atoms. The largest absolute Gasteiger partial charge is 0.354 e. The van der Waals surface area contributed by atoms with Crippen LogP contribution in [0.4, 0.5) is 0 Å². The van der Waals surface area contributed by atoms with Crippen molar-refractivity contribution in [3.05, 3.63) is 34.3 Å². The third kappa shape index (κ3) is 4.86. The van der Waals surface area contributed by atoms with Gasteiger partial charge in [0.15, 0.2) is 0 Å². The van der Waals surface area contributed by atoms with Gasteiger partial charge in [0.1, 0.15) is 0 Å². The minimum absolute atomic E-state index is 0.0161. The molecule has 0 spiro atoms. The third-order valence-corrected chi connectivity index (χ3v) is 6.16. The SMILES string of the molecule is CC(CNC(=O)C1CCN(C(=O)c2ccc(Br)cc2)CC1)N(C)C1CC1. The first-order valence-electron chi connectivity index (χ1n) is 9.50. The molecule has 1 saturated heterocycles. The number of nitrogens with zero attached hydrogens (tertiary/aromatic N) is 2. The zero-order valence-corrected chi connectivity index (χ0v) is 17.2. The Morgan fingerprint density at radius 3 is 2.38 bits per heavy atom. The van der Waals surface area contributed by atoms with Gasteiger partial charge in [-0.1, -0.05) is 15.9 Å². The number of rotatable bonds is 6. The second-order valence-corrected chi connectivity index (χ2v) is 8.48. The normalized spacial score (nSPS) is 19.5. The van der Waals surface area contributed by atoms with Crippen molar-refractivity contribution in [2.75, 3.05) is 26.7 Å². The number of hydrogen-bond donors (Lipinski definition) is 1. The molecule has 3 rings (SSSR count). The molecule has 2 amide bonds. The quantitative estimate of drug-likeness (QED) is 0.767. The van der Waals surface area contributed by atoms with E-state index in [0.29, 0.717) is 37.3 Å². The molecule has 6 heteroatoms. The highest BCUT2D eigenvalue weighted by Crippen LogP contribution is 2.27. The standard InChI is InChI=1S/C20H28BrN3O2/c1-14(23(2)18-7-8-18)13-22-19(25)15-9-11-24(12-10-15)20(26)16-3-5-17(21)6-4-16/h3-6,14-15,18H,7-13H2,1-2H3,(H,22,25). The number of likely N-dealkylation sites (tertiary alicyclic amines) is 1. The molecule has 1 aromatic rings. The molecule has 2 fully saturated rings. The second kappa shape index (κ2) is 8.53. The predicted molar refractivity (Wildman–Crippen MR) is 106 cm³/mol. The highest BCUT2D eigenvalue weighted by atomic mass is 79.9. The van der Waals surface area contributed by atoms with Gasteiger partial charge in [0.05, 0.1) is 0 Å². The lowest BCUT2D eigenvalue weighted by Crippen LogP contribution is -2.46. The Bertz CT molecular complexity index is 637. The Balaban J connectivity index is 1.43. The molecule has 1 atom stereocenters. The van der Waals surface area contributed by atoms with Crippen LogP contribution in [0.2, 0.25) is 0 Å². The number of hydrogen-bond acceptors (Lipinski definition) is 3. The maximum absolute atomic E-state index is 12.6. The van der Waals surface area contributed by atoms with Crippen LogP contribution in [0.25, 0.3) is 0 Å². The molecule has 26 heavy (non-hydrogen) atoms. The summed E-state index contributed by atoms with van der Waals surface area (Å²) in [6, 6.07) is 8.51. The first-order chi connectivity index (χ1) is 12.5. The van der Waals surface area contributed by atoms with Crippen molar-refractivity contribution in [2.45, 2.75) is 44.7 Å². The van der Waals surface area contributed by atoms with Crippen molar-refractivity contribution >= 4 is 27.7 Å². The molecule has 1 aromatic carbocycles. The summed E-state index contributed by atoms with van der Waals surface area (Å²) in [5.41, 5.74) is 0.702. The van der Waals surface area contributed by atoms with Crippen LogP contribution >= 0.6 is 15.9 Å². The summed E-state index contributed by atoms with van der Waals surface area (Å²) in [6.45, 7) is 4.15. The fourth-order valence-corrected chi connectivity index (χ4v) is 3.76. The van der Waals surface area contributed by atoms with Gasteiger partial charge in [-0.15, -0.1) is 0 Å². The molecular formula is C20H28BrN3O2. The molecule has 142 valence electrons. The van der Waals surface area contributed by atoms with E-state index < -0.39 is 0 Å². The molecule has 1 N–H and O–H groups in total. The first-order valence-corrected chi connectivity index (χ1v) is 10.3. The van der Waals surface area contributed by atoms with E-state index in [4.69, 9.17) is 0 Å². The Morgan fingerprint density at radius 2 is 1.81 bits per heavy atom. The van der Waals surface area contributed by atoms with E-state index in [1.54, 1.807) is 0 Å². The summed E-state index contributed by atoms with van der Waals surface area (Å²) in [5, 5.41) is 3.11. The van der Waals surface area contributed by atoms with Crippen LogP contribution in [-0.2, 0) is 4.79 Å². The minimum atomic E-state index is 0.0161. The Morgan fingerprint density at radius 1 is 1.19 bits per heavy atom. The molecule has 1 aliphatic heterocycles. The van der Waals surface area contributed by atoms with Crippen molar-refractivity contribution in [3.63, 3.8) is 0 Å². The number of likely N-dealkylation sites (N-methyl/N-ethyl adjacent to an activating group) is 1. The highest BCUT2D eigenvalue weighted by Gasteiger charge is 2.31. The van der Waals surface area contributed by atoms with E-state index in [9.17, 15) is 9.59 Å². The number of benzene rings is 1. The van der Waals surface area contributed by atoms with E-state index in [1.807, 2.05) is 29.2 Å². The van der Waals surface area contributed by atoms with E-state index >= 15 is 0 Å². The van der Waals surface area contributed by atoms with Gasteiger partial charge in [0.25, 0.3) is 5.91 Å². The zero-order valence-electron chi connectivity index (χ0n) is 15.6. The molecule has 1 unspecified atom stereocenters. The maximum atomic E-state index is 12.6. The van der Waals surface area contributed by atoms with Crippen molar-refractivity contribution in [1.82, 2.24) is 15.1 Å². The van der Waals surface area contributed by atoms with E-state index in [2.05, 4.69) is 40.1 Å². The smallest absolute Gasteiger partial charge is 0.253 e. The predicted octanol–water partition coefficient (Wildman–Crippen LogP) is 2.90. The van der Waals surface area contributed by atoms with E-state index in [1.165, 1.54) is 12.8 Å². The maximum Gasteiger partial charge on any atom is 0.253 e. The summed E-state index contributed by atoms with van der Waals surface area (Å²) in [7, 11) is 2.14. The van der Waals surface area contributed by atoms with Crippen LogP contribution in [0.5, 0.6) is 0 Å². The molecule has 1 heterocycles. The molecule has 0 aromatic heterocycles. The highest BCUT2D eigenvalue weighted by molar-refractivity contribution is 9.10. The van der Waals surface area contributed by atoms with Crippen LogP contribution in [-0.4, -0.2) is 60.4 Å². The summed E-state index contributed by atoms with van der Waals surface area (Å²) in [6.07, 6.45) is 4.03. The van der Waals surface area contributed by atoms with Gasteiger partial charge in [-0.2, -0.15) is 0 Å².